The number of aliphatic imine (C=N–C) groups is 1. The summed E-state index contributed by atoms with van der Waals surface area (Å²) in [6, 6.07) is 8.81. The second-order valence-electron chi connectivity index (χ2n) is 5.72. The Kier molecular flexibility index (Phi) is 6.37. The lowest BCUT2D eigenvalue weighted by Gasteiger charge is -2.22. The molecule has 0 saturated carbocycles. The third kappa shape index (κ3) is 4.58. The molecule has 6 heteroatoms. The van der Waals surface area contributed by atoms with Crippen molar-refractivity contribution in [1.82, 2.24) is 14.8 Å². The van der Waals surface area contributed by atoms with Crippen LogP contribution in [0.1, 0.15) is 23.7 Å². The third-order valence-electron chi connectivity index (χ3n) is 3.84. The summed E-state index contributed by atoms with van der Waals surface area (Å²) in [7, 11) is 4.00. The van der Waals surface area contributed by atoms with Crippen LogP contribution in [-0.2, 0) is 26.7 Å². The van der Waals surface area contributed by atoms with Crippen LogP contribution in [0.2, 0.25) is 0 Å². The number of nitrogens with zero attached hydrogens (tertiary/aromatic N) is 3. The second kappa shape index (κ2) is 8.49. The SMILES string of the molecule is CCNC(=NCc1ccc(F)c(CO)c1)N(C)Cc1cccn1C. The summed E-state index contributed by atoms with van der Waals surface area (Å²) in [5.41, 5.74) is 2.35. The van der Waals surface area contributed by atoms with Gasteiger partial charge in [0.25, 0.3) is 0 Å². The number of nitrogens with one attached hydrogen (secondary N) is 1. The number of aliphatic hydroxyl groups is 1. The van der Waals surface area contributed by atoms with Gasteiger partial charge in [-0.05, 0) is 36.8 Å². The molecule has 0 radical (unpaired) electrons. The lowest BCUT2D eigenvalue weighted by atomic mass is 10.1. The number of hydrogen-bond acceptors (Lipinski definition) is 2. The summed E-state index contributed by atoms with van der Waals surface area (Å²) in [6.07, 6.45) is 2.02. The van der Waals surface area contributed by atoms with Crippen LogP contribution in [0.25, 0.3) is 0 Å². The summed E-state index contributed by atoms with van der Waals surface area (Å²) in [5, 5.41) is 12.4. The van der Waals surface area contributed by atoms with E-state index in [0.29, 0.717) is 12.1 Å². The van der Waals surface area contributed by atoms with Gasteiger partial charge in [-0.25, -0.2) is 9.38 Å². The number of hydrogen-bond donors (Lipinski definition) is 2. The van der Waals surface area contributed by atoms with Crippen molar-refractivity contribution in [2.45, 2.75) is 26.6 Å². The van der Waals surface area contributed by atoms with Crippen LogP contribution >= 0.6 is 0 Å². The lowest BCUT2D eigenvalue weighted by Crippen LogP contribution is -2.38. The molecule has 24 heavy (non-hydrogen) atoms. The molecular formula is C18H25FN4O. The predicted octanol–water partition coefficient (Wildman–Crippen LogP) is 2.25. The van der Waals surface area contributed by atoms with Crippen molar-refractivity contribution in [2.24, 2.45) is 12.0 Å². The highest BCUT2D eigenvalue weighted by molar-refractivity contribution is 5.79. The minimum atomic E-state index is -0.391. The van der Waals surface area contributed by atoms with Gasteiger partial charge >= 0.3 is 0 Å². The number of rotatable bonds is 6. The Labute approximate surface area is 142 Å². The molecule has 0 saturated heterocycles. The van der Waals surface area contributed by atoms with E-state index in [1.165, 1.54) is 11.8 Å². The molecule has 0 aliphatic rings. The molecule has 0 bridgehead atoms. The summed E-state index contributed by atoms with van der Waals surface area (Å²) >= 11 is 0. The number of aryl methyl sites for hydroxylation is 1. The molecule has 1 heterocycles. The van der Waals surface area contributed by atoms with Crippen molar-refractivity contribution < 1.29 is 9.50 Å². The molecular weight excluding hydrogens is 307 g/mol. The Morgan fingerprint density at radius 2 is 2.17 bits per heavy atom. The molecule has 0 aliphatic carbocycles. The first-order chi connectivity index (χ1) is 11.5. The summed E-state index contributed by atoms with van der Waals surface area (Å²) in [6.45, 7) is 3.64. The molecule has 2 aromatic rings. The van der Waals surface area contributed by atoms with E-state index < -0.39 is 5.82 Å². The molecule has 130 valence electrons. The number of benzene rings is 1. The van der Waals surface area contributed by atoms with E-state index in [1.807, 2.05) is 33.3 Å². The van der Waals surface area contributed by atoms with E-state index in [9.17, 15) is 4.39 Å². The first-order valence-electron chi connectivity index (χ1n) is 8.03. The van der Waals surface area contributed by atoms with Gasteiger partial charge in [0.15, 0.2) is 5.96 Å². The fourth-order valence-electron chi connectivity index (χ4n) is 2.46. The maximum absolute atomic E-state index is 13.4. The smallest absolute Gasteiger partial charge is 0.194 e. The quantitative estimate of drug-likeness (QED) is 0.630. The van der Waals surface area contributed by atoms with Crippen LogP contribution in [-0.4, -0.2) is 34.1 Å². The van der Waals surface area contributed by atoms with E-state index in [4.69, 9.17) is 5.11 Å². The average molecular weight is 332 g/mol. The fraction of sp³-hybridized carbons (Fsp3) is 0.389. The van der Waals surface area contributed by atoms with E-state index in [2.05, 4.69) is 25.8 Å². The van der Waals surface area contributed by atoms with Gasteiger partial charge in [0.2, 0.25) is 0 Å². The van der Waals surface area contributed by atoms with Crippen LogP contribution in [0.5, 0.6) is 0 Å². The molecule has 0 aliphatic heterocycles. The van der Waals surface area contributed by atoms with Crippen molar-refractivity contribution >= 4 is 5.96 Å². The Balaban J connectivity index is 2.11. The molecule has 0 fully saturated rings. The first-order valence-corrected chi connectivity index (χ1v) is 8.03. The highest BCUT2D eigenvalue weighted by Gasteiger charge is 2.09. The topological polar surface area (TPSA) is 52.8 Å². The number of halogens is 1. The van der Waals surface area contributed by atoms with Gasteiger partial charge in [-0.3, -0.25) is 0 Å². The lowest BCUT2D eigenvalue weighted by molar-refractivity contribution is 0.275. The summed E-state index contributed by atoms with van der Waals surface area (Å²) in [5.74, 6) is 0.395. The molecule has 2 rings (SSSR count). The van der Waals surface area contributed by atoms with Gasteiger partial charge in [0, 0.05) is 38.1 Å². The largest absolute Gasteiger partial charge is 0.392 e. The first kappa shape index (κ1) is 18.0. The van der Waals surface area contributed by atoms with Crippen LogP contribution in [0, 0.1) is 5.82 Å². The highest BCUT2D eigenvalue weighted by Crippen LogP contribution is 2.12. The van der Waals surface area contributed by atoms with Gasteiger partial charge in [0.1, 0.15) is 5.82 Å². The monoisotopic (exact) mass is 332 g/mol. The van der Waals surface area contributed by atoms with Crippen molar-refractivity contribution in [3.63, 3.8) is 0 Å². The molecule has 2 N–H and O–H groups in total. The van der Waals surface area contributed by atoms with Gasteiger partial charge in [-0.2, -0.15) is 0 Å². The third-order valence-corrected chi connectivity index (χ3v) is 3.84. The van der Waals surface area contributed by atoms with E-state index in [-0.39, 0.29) is 6.61 Å². The van der Waals surface area contributed by atoms with E-state index in [1.54, 1.807) is 12.1 Å². The second-order valence-corrected chi connectivity index (χ2v) is 5.72. The van der Waals surface area contributed by atoms with Crippen molar-refractivity contribution in [3.05, 3.63) is 59.2 Å². The Morgan fingerprint density at radius 1 is 1.38 bits per heavy atom. The average Bonchev–Trinajstić information content (AvgIpc) is 2.97. The fourth-order valence-corrected chi connectivity index (χ4v) is 2.46. The zero-order chi connectivity index (χ0) is 17.5. The molecule has 1 aromatic heterocycles. The molecule has 0 atom stereocenters. The van der Waals surface area contributed by atoms with Crippen LogP contribution in [0.3, 0.4) is 0 Å². The summed E-state index contributed by atoms with van der Waals surface area (Å²) in [4.78, 5) is 6.67. The zero-order valence-corrected chi connectivity index (χ0v) is 14.5. The number of guanidine groups is 1. The zero-order valence-electron chi connectivity index (χ0n) is 14.5. The molecule has 1 aromatic carbocycles. The van der Waals surface area contributed by atoms with Crippen LogP contribution < -0.4 is 5.32 Å². The molecule has 0 amide bonds. The maximum Gasteiger partial charge on any atom is 0.194 e. The Hall–Kier alpha value is -2.34. The Morgan fingerprint density at radius 3 is 2.79 bits per heavy atom. The van der Waals surface area contributed by atoms with Crippen molar-refractivity contribution in [1.29, 1.82) is 0 Å². The van der Waals surface area contributed by atoms with Gasteiger partial charge in [0.05, 0.1) is 19.7 Å². The van der Waals surface area contributed by atoms with Crippen molar-refractivity contribution in [2.75, 3.05) is 13.6 Å². The van der Waals surface area contributed by atoms with Gasteiger partial charge in [-0.1, -0.05) is 6.07 Å². The van der Waals surface area contributed by atoms with E-state index in [0.717, 1.165) is 24.6 Å². The van der Waals surface area contributed by atoms with E-state index >= 15 is 0 Å². The number of aromatic nitrogens is 1. The minimum Gasteiger partial charge on any atom is -0.392 e. The van der Waals surface area contributed by atoms with Gasteiger partial charge < -0.3 is 19.9 Å². The molecule has 0 spiro atoms. The van der Waals surface area contributed by atoms with Crippen LogP contribution in [0.15, 0.2) is 41.5 Å². The van der Waals surface area contributed by atoms with Crippen molar-refractivity contribution in [3.8, 4) is 0 Å². The minimum absolute atomic E-state index is 0.296. The molecule has 0 unspecified atom stereocenters. The maximum atomic E-state index is 13.4. The number of aliphatic hydroxyl groups excluding tert-OH is 1. The standard InChI is InChI=1S/C18H25FN4O/c1-4-20-18(23(3)12-16-6-5-9-22(16)2)21-11-14-7-8-17(19)15(10-14)13-24/h5-10,24H,4,11-13H2,1-3H3,(H,20,21). The predicted molar refractivity (Wildman–Crippen MR) is 94.0 cm³/mol. The van der Waals surface area contributed by atoms with Crippen LogP contribution in [0.4, 0.5) is 4.39 Å². The van der Waals surface area contributed by atoms with Gasteiger partial charge in [-0.15, -0.1) is 0 Å². The normalized spacial score (nSPS) is 11.6. The summed E-state index contributed by atoms with van der Waals surface area (Å²) < 4.78 is 15.5. The Bertz CT molecular complexity index is 696. The molecule has 5 nitrogen and oxygen atoms in total. The highest BCUT2D eigenvalue weighted by atomic mass is 19.1.